The lowest BCUT2D eigenvalue weighted by molar-refractivity contribution is -0.139. The summed E-state index contributed by atoms with van der Waals surface area (Å²) in [7, 11) is 0. The first kappa shape index (κ1) is 21.9. The van der Waals surface area contributed by atoms with Crippen LogP contribution in [0.4, 0.5) is 0 Å². The lowest BCUT2D eigenvalue weighted by atomic mass is 9.77. The summed E-state index contributed by atoms with van der Waals surface area (Å²) in [4.78, 5) is 22.9. The van der Waals surface area contributed by atoms with E-state index in [-0.39, 0.29) is 18.6 Å². The topological polar surface area (TPSA) is 63.6 Å². The van der Waals surface area contributed by atoms with Crippen molar-refractivity contribution < 1.29 is 19.4 Å². The molecule has 0 spiro atoms. The van der Waals surface area contributed by atoms with Crippen molar-refractivity contribution in [2.45, 2.75) is 64.7 Å². The molecule has 1 aliphatic rings. The van der Waals surface area contributed by atoms with Crippen LogP contribution in [0.2, 0.25) is 0 Å². The Morgan fingerprint density at radius 2 is 1.82 bits per heavy atom. The van der Waals surface area contributed by atoms with Crippen molar-refractivity contribution in [1.82, 2.24) is 0 Å². The van der Waals surface area contributed by atoms with E-state index in [1.54, 1.807) is 13.0 Å². The Kier molecular flexibility index (Phi) is 8.49. The molecule has 28 heavy (non-hydrogen) atoms. The highest BCUT2D eigenvalue weighted by Gasteiger charge is 2.21. The molecule has 1 aromatic carbocycles. The predicted octanol–water partition coefficient (Wildman–Crippen LogP) is 5.74. The molecule has 4 heteroatoms. The fourth-order valence-electron chi connectivity index (χ4n) is 3.88. The highest BCUT2D eigenvalue weighted by molar-refractivity contribution is 5.92. The van der Waals surface area contributed by atoms with Gasteiger partial charge in [0.05, 0.1) is 6.61 Å². The van der Waals surface area contributed by atoms with Gasteiger partial charge in [-0.15, -0.1) is 0 Å². The van der Waals surface area contributed by atoms with E-state index >= 15 is 0 Å². The van der Waals surface area contributed by atoms with Crippen LogP contribution in [0.3, 0.4) is 0 Å². The molecule has 0 heterocycles. The molecule has 4 nitrogen and oxygen atoms in total. The third-order valence-corrected chi connectivity index (χ3v) is 5.52. The first-order valence-corrected chi connectivity index (χ1v) is 10.3. The molecule has 0 saturated heterocycles. The van der Waals surface area contributed by atoms with Gasteiger partial charge >= 0.3 is 11.9 Å². The maximum absolute atomic E-state index is 11.5. The van der Waals surface area contributed by atoms with E-state index in [2.05, 4.69) is 25.6 Å². The SMILES string of the molecule is C=C(C)C(=O)OCCC(=Cc1ccc([C@H]2CC[C@H](CCC)CC2)cc1)C(=O)O. The van der Waals surface area contributed by atoms with E-state index in [1.807, 2.05) is 12.1 Å². The molecule has 2 rings (SSSR count). The zero-order chi connectivity index (χ0) is 20.5. The Hall–Kier alpha value is -2.36. The number of carbonyl (C=O) groups excluding carboxylic acids is 1. The molecule has 0 aliphatic heterocycles. The van der Waals surface area contributed by atoms with Crippen LogP contribution in [0.25, 0.3) is 6.08 Å². The van der Waals surface area contributed by atoms with Crippen molar-refractivity contribution in [2.75, 3.05) is 6.61 Å². The first-order chi connectivity index (χ1) is 13.4. The zero-order valence-corrected chi connectivity index (χ0v) is 17.1. The molecule has 1 aromatic rings. The van der Waals surface area contributed by atoms with Crippen LogP contribution in [0, 0.1) is 5.92 Å². The van der Waals surface area contributed by atoms with Crippen molar-refractivity contribution in [2.24, 2.45) is 5.92 Å². The van der Waals surface area contributed by atoms with Gasteiger partial charge in [0.25, 0.3) is 0 Å². The Labute approximate surface area is 168 Å². The standard InChI is InChI=1S/C24H32O4/c1-4-5-18-6-10-20(11-7-18)21-12-8-19(9-13-21)16-22(23(25)26)14-15-28-24(27)17(2)3/h8-9,12-13,16,18,20H,2,4-7,10-11,14-15H2,1,3H3,(H,25,26)/t18-,20-. The van der Waals surface area contributed by atoms with E-state index in [9.17, 15) is 14.7 Å². The number of ether oxygens (including phenoxy) is 1. The molecule has 152 valence electrons. The van der Waals surface area contributed by atoms with Crippen LogP contribution in [-0.4, -0.2) is 23.7 Å². The van der Waals surface area contributed by atoms with Crippen LogP contribution < -0.4 is 0 Å². The van der Waals surface area contributed by atoms with Crippen LogP contribution in [0.5, 0.6) is 0 Å². The molecule has 0 amide bonds. The summed E-state index contributed by atoms with van der Waals surface area (Å²) in [6.07, 6.45) is 9.54. The molecule has 1 saturated carbocycles. The number of carbonyl (C=O) groups is 2. The minimum atomic E-state index is -0.996. The van der Waals surface area contributed by atoms with Gasteiger partial charge < -0.3 is 9.84 Å². The molecular weight excluding hydrogens is 352 g/mol. The monoisotopic (exact) mass is 384 g/mol. The average Bonchev–Trinajstić information content (AvgIpc) is 2.68. The first-order valence-electron chi connectivity index (χ1n) is 10.3. The maximum Gasteiger partial charge on any atom is 0.333 e. The minimum Gasteiger partial charge on any atom is -0.478 e. The van der Waals surface area contributed by atoms with Gasteiger partial charge in [-0.1, -0.05) is 50.6 Å². The summed E-state index contributed by atoms with van der Waals surface area (Å²) in [5.41, 5.74) is 2.73. The smallest absolute Gasteiger partial charge is 0.333 e. The molecule has 0 radical (unpaired) electrons. The highest BCUT2D eigenvalue weighted by atomic mass is 16.5. The molecule has 1 aliphatic carbocycles. The van der Waals surface area contributed by atoms with Gasteiger partial charge in [0.1, 0.15) is 0 Å². The lowest BCUT2D eigenvalue weighted by Gasteiger charge is -2.28. The van der Waals surface area contributed by atoms with Gasteiger partial charge in [-0.3, -0.25) is 0 Å². The molecule has 0 atom stereocenters. The third kappa shape index (κ3) is 6.66. The Morgan fingerprint density at radius 3 is 2.36 bits per heavy atom. The van der Waals surface area contributed by atoms with Crippen molar-refractivity contribution in [3.63, 3.8) is 0 Å². The van der Waals surface area contributed by atoms with E-state index < -0.39 is 11.9 Å². The second-order valence-corrected chi connectivity index (χ2v) is 7.81. The number of benzene rings is 1. The summed E-state index contributed by atoms with van der Waals surface area (Å²) in [6.45, 7) is 7.36. The molecule has 1 fully saturated rings. The molecule has 0 unspecified atom stereocenters. The Balaban J connectivity index is 1.95. The summed E-state index contributed by atoms with van der Waals surface area (Å²) >= 11 is 0. The summed E-state index contributed by atoms with van der Waals surface area (Å²) in [5, 5.41) is 9.41. The normalized spacial score (nSPS) is 19.9. The van der Waals surface area contributed by atoms with Gasteiger partial charge in [0, 0.05) is 17.6 Å². The quantitative estimate of drug-likeness (QED) is 0.436. The molecule has 1 N–H and O–H groups in total. The molecular formula is C24H32O4. The lowest BCUT2D eigenvalue weighted by Crippen LogP contribution is -2.13. The van der Waals surface area contributed by atoms with Gasteiger partial charge in [-0.25, -0.2) is 9.59 Å². The summed E-state index contributed by atoms with van der Waals surface area (Å²) in [6, 6.07) is 8.21. The number of carboxylic acids is 1. The number of aliphatic carboxylic acids is 1. The van der Waals surface area contributed by atoms with Crippen molar-refractivity contribution >= 4 is 18.0 Å². The average molecular weight is 385 g/mol. The maximum atomic E-state index is 11.5. The van der Waals surface area contributed by atoms with E-state index in [0.717, 1.165) is 11.5 Å². The highest BCUT2D eigenvalue weighted by Crippen LogP contribution is 2.37. The van der Waals surface area contributed by atoms with Crippen LogP contribution in [0.1, 0.15) is 75.8 Å². The van der Waals surface area contributed by atoms with Crippen molar-refractivity contribution in [1.29, 1.82) is 0 Å². The van der Waals surface area contributed by atoms with Gasteiger partial charge in [-0.2, -0.15) is 0 Å². The van der Waals surface area contributed by atoms with Gasteiger partial charge in [0.2, 0.25) is 0 Å². The number of rotatable bonds is 9. The van der Waals surface area contributed by atoms with Crippen LogP contribution in [0.15, 0.2) is 42.0 Å². The molecule has 0 aromatic heterocycles. The summed E-state index contributed by atoms with van der Waals surface area (Å²) in [5.74, 6) is 0.0136. The van der Waals surface area contributed by atoms with Gasteiger partial charge in [0.15, 0.2) is 0 Å². The number of esters is 1. The fraction of sp³-hybridized carbons (Fsp3) is 0.500. The Bertz CT molecular complexity index is 707. The molecule has 0 bridgehead atoms. The van der Waals surface area contributed by atoms with E-state index in [0.29, 0.717) is 11.5 Å². The van der Waals surface area contributed by atoms with Crippen molar-refractivity contribution in [3.8, 4) is 0 Å². The van der Waals surface area contributed by atoms with Gasteiger partial charge in [-0.05, 0) is 61.6 Å². The third-order valence-electron chi connectivity index (χ3n) is 5.52. The number of hydrogen-bond donors (Lipinski definition) is 1. The predicted molar refractivity (Wildman–Crippen MR) is 112 cm³/mol. The van der Waals surface area contributed by atoms with Crippen molar-refractivity contribution in [3.05, 3.63) is 53.1 Å². The van der Waals surface area contributed by atoms with Crippen LogP contribution >= 0.6 is 0 Å². The number of hydrogen-bond acceptors (Lipinski definition) is 3. The largest absolute Gasteiger partial charge is 0.478 e. The zero-order valence-electron chi connectivity index (χ0n) is 17.1. The fourth-order valence-corrected chi connectivity index (χ4v) is 3.88. The number of carboxylic acid groups (broad SMARTS) is 1. The Morgan fingerprint density at radius 1 is 1.18 bits per heavy atom. The van der Waals surface area contributed by atoms with E-state index in [1.165, 1.54) is 44.1 Å². The van der Waals surface area contributed by atoms with Crippen LogP contribution in [-0.2, 0) is 14.3 Å². The minimum absolute atomic E-state index is 0.0307. The summed E-state index contributed by atoms with van der Waals surface area (Å²) < 4.78 is 5.00. The second-order valence-electron chi connectivity index (χ2n) is 7.81. The second kappa shape index (κ2) is 10.8. The van der Waals surface area contributed by atoms with E-state index in [4.69, 9.17) is 4.74 Å².